The van der Waals surface area contributed by atoms with Gasteiger partial charge in [0.1, 0.15) is 16.1 Å². The summed E-state index contributed by atoms with van der Waals surface area (Å²) in [7, 11) is 0. The minimum Gasteiger partial charge on any atom is -0.258 e. The third kappa shape index (κ3) is 3.88. The Kier molecular flexibility index (Phi) is 4.72. The first-order valence-electron chi connectivity index (χ1n) is 5.68. The second-order valence-electron chi connectivity index (χ2n) is 4.00. The van der Waals surface area contributed by atoms with Crippen molar-refractivity contribution >= 4 is 29.1 Å². The lowest BCUT2D eigenvalue weighted by Gasteiger charge is -2.08. The van der Waals surface area contributed by atoms with Gasteiger partial charge in [0.25, 0.3) is 0 Å². The lowest BCUT2D eigenvalue weighted by atomic mass is 10.3. The average molecular weight is 361 g/mol. The maximum absolute atomic E-state index is 12.5. The van der Waals surface area contributed by atoms with Crippen LogP contribution >= 0.6 is 23.4 Å². The zero-order valence-corrected chi connectivity index (χ0v) is 12.4. The van der Waals surface area contributed by atoms with Crippen molar-refractivity contribution in [2.24, 2.45) is 0 Å². The zero-order chi connectivity index (χ0) is 17.2. The van der Waals surface area contributed by atoms with Crippen molar-refractivity contribution in [3.63, 3.8) is 0 Å². The first-order chi connectivity index (χ1) is 10.7. The Hall–Kier alpha value is -2.38. The van der Waals surface area contributed by atoms with Crippen LogP contribution in [0.25, 0.3) is 0 Å². The summed E-state index contributed by atoms with van der Waals surface area (Å²) in [6.07, 6.45) is -3.95. The summed E-state index contributed by atoms with van der Waals surface area (Å²) in [6, 6.07) is 4.62. The Morgan fingerprint density at radius 3 is 2.61 bits per heavy atom. The maximum Gasteiger partial charge on any atom is 0.417 e. The van der Waals surface area contributed by atoms with Crippen LogP contribution in [0.4, 0.5) is 18.9 Å². The maximum atomic E-state index is 12.5. The molecule has 0 atom stereocenters. The molecular weight excluding hydrogens is 357 g/mol. The summed E-state index contributed by atoms with van der Waals surface area (Å²) < 4.78 is 37.6. The number of alkyl halides is 3. The number of nitriles is 1. The van der Waals surface area contributed by atoms with E-state index in [1.54, 1.807) is 6.07 Å². The van der Waals surface area contributed by atoms with E-state index < -0.39 is 28.0 Å². The Morgan fingerprint density at radius 2 is 2.09 bits per heavy atom. The molecule has 0 fully saturated rings. The first-order valence-corrected chi connectivity index (χ1v) is 6.88. The quantitative estimate of drug-likeness (QED) is 0.604. The fourth-order valence-corrected chi connectivity index (χ4v) is 2.49. The average Bonchev–Trinajstić information content (AvgIpc) is 2.47. The molecule has 2 heterocycles. The van der Waals surface area contributed by atoms with Gasteiger partial charge in [0.2, 0.25) is 5.69 Å². The number of nitrogens with zero attached hydrogens (tertiary/aromatic N) is 4. The number of hydrogen-bond donors (Lipinski definition) is 0. The van der Waals surface area contributed by atoms with Gasteiger partial charge in [-0.15, -0.1) is 0 Å². The Bertz CT molecular complexity index is 823. The minimum atomic E-state index is -4.57. The molecule has 0 saturated heterocycles. The SMILES string of the molecule is N#Cc1nc(Sc2ncc(C(F)(F)F)cc2Cl)ccc1[N+](=O)[O-]. The van der Waals surface area contributed by atoms with Crippen LogP contribution in [0.3, 0.4) is 0 Å². The highest BCUT2D eigenvalue weighted by Crippen LogP contribution is 2.36. The fraction of sp³-hybridized carbons (Fsp3) is 0.0833. The van der Waals surface area contributed by atoms with E-state index in [1.165, 1.54) is 6.07 Å². The van der Waals surface area contributed by atoms with E-state index in [0.29, 0.717) is 12.3 Å². The van der Waals surface area contributed by atoms with Crippen molar-refractivity contribution in [2.75, 3.05) is 0 Å². The molecule has 11 heteroatoms. The molecule has 118 valence electrons. The minimum absolute atomic E-state index is 0.0323. The molecule has 0 unspecified atom stereocenters. The lowest BCUT2D eigenvalue weighted by Crippen LogP contribution is -2.05. The van der Waals surface area contributed by atoms with Crippen LogP contribution in [0.1, 0.15) is 11.3 Å². The summed E-state index contributed by atoms with van der Waals surface area (Å²) in [5.41, 5.74) is -1.88. The van der Waals surface area contributed by atoms with Gasteiger partial charge in [-0.2, -0.15) is 18.4 Å². The molecule has 6 nitrogen and oxygen atoms in total. The van der Waals surface area contributed by atoms with E-state index in [0.717, 1.165) is 17.8 Å². The van der Waals surface area contributed by atoms with Gasteiger partial charge in [0.15, 0.2) is 0 Å². The van der Waals surface area contributed by atoms with E-state index in [1.807, 2.05) is 0 Å². The van der Waals surface area contributed by atoms with Gasteiger partial charge >= 0.3 is 11.9 Å². The molecule has 0 N–H and O–H groups in total. The van der Waals surface area contributed by atoms with Gasteiger partial charge in [-0.3, -0.25) is 10.1 Å². The van der Waals surface area contributed by atoms with Crippen molar-refractivity contribution < 1.29 is 18.1 Å². The largest absolute Gasteiger partial charge is 0.417 e. The summed E-state index contributed by atoms with van der Waals surface area (Å²) in [4.78, 5) is 17.3. The molecule has 0 saturated carbocycles. The smallest absolute Gasteiger partial charge is 0.258 e. The summed E-state index contributed by atoms with van der Waals surface area (Å²) in [5, 5.41) is 19.5. The van der Waals surface area contributed by atoms with E-state index in [2.05, 4.69) is 9.97 Å². The predicted molar refractivity (Wildman–Crippen MR) is 74.0 cm³/mol. The second kappa shape index (κ2) is 6.39. The van der Waals surface area contributed by atoms with Crippen molar-refractivity contribution in [3.05, 3.63) is 50.8 Å². The van der Waals surface area contributed by atoms with Gasteiger partial charge in [-0.05, 0) is 23.9 Å². The molecular formula is C12H4ClF3N4O2S. The van der Waals surface area contributed by atoms with E-state index in [-0.39, 0.29) is 15.1 Å². The zero-order valence-electron chi connectivity index (χ0n) is 10.8. The number of rotatable bonds is 3. The van der Waals surface area contributed by atoms with Crippen molar-refractivity contribution in [1.82, 2.24) is 9.97 Å². The lowest BCUT2D eigenvalue weighted by molar-refractivity contribution is -0.385. The Morgan fingerprint density at radius 1 is 1.39 bits per heavy atom. The van der Waals surface area contributed by atoms with E-state index >= 15 is 0 Å². The van der Waals surface area contributed by atoms with Gasteiger partial charge in [0.05, 0.1) is 15.5 Å². The molecule has 2 aromatic rings. The molecule has 0 aromatic carbocycles. The summed E-state index contributed by atoms with van der Waals surface area (Å²) in [6.45, 7) is 0. The van der Waals surface area contributed by atoms with Gasteiger partial charge in [-0.25, -0.2) is 9.97 Å². The number of nitro groups is 1. The molecule has 0 aliphatic carbocycles. The molecule has 23 heavy (non-hydrogen) atoms. The molecule has 0 aliphatic heterocycles. The van der Waals surface area contributed by atoms with Gasteiger partial charge in [-0.1, -0.05) is 11.6 Å². The Labute approximate surface area is 136 Å². The van der Waals surface area contributed by atoms with Crippen LogP contribution in [0.15, 0.2) is 34.4 Å². The van der Waals surface area contributed by atoms with Crippen molar-refractivity contribution in [1.29, 1.82) is 5.26 Å². The van der Waals surface area contributed by atoms with Crippen LogP contribution < -0.4 is 0 Å². The molecule has 0 bridgehead atoms. The molecule has 0 radical (unpaired) electrons. The van der Waals surface area contributed by atoms with Crippen LogP contribution in [-0.2, 0) is 6.18 Å². The normalized spacial score (nSPS) is 11.1. The molecule has 2 rings (SSSR count). The number of pyridine rings is 2. The standard InChI is InChI=1S/C12H4ClF3N4O2S/c13-7-3-6(12(14,15)16)5-18-11(7)23-10-2-1-9(20(21)22)8(4-17)19-10/h1-3,5H. The highest BCUT2D eigenvalue weighted by atomic mass is 35.5. The molecule has 0 amide bonds. The second-order valence-corrected chi connectivity index (χ2v) is 5.41. The third-order valence-corrected chi connectivity index (χ3v) is 3.84. The van der Waals surface area contributed by atoms with Crippen molar-refractivity contribution in [2.45, 2.75) is 16.2 Å². The summed E-state index contributed by atoms with van der Waals surface area (Å²) in [5.74, 6) is 0. The highest BCUT2D eigenvalue weighted by Gasteiger charge is 2.31. The first kappa shape index (κ1) is 17.0. The van der Waals surface area contributed by atoms with Crippen LogP contribution in [0, 0.1) is 21.4 Å². The Balaban J connectivity index is 2.33. The summed E-state index contributed by atoms with van der Waals surface area (Å²) >= 11 is 6.54. The van der Waals surface area contributed by atoms with E-state index in [9.17, 15) is 23.3 Å². The monoisotopic (exact) mass is 360 g/mol. The van der Waals surface area contributed by atoms with Gasteiger partial charge in [0, 0.05) is 12.3 Å². The molecule has 0 spiro atoms. The van der Waals surface area contributed by atoms with Crippen LogP contribution in [-0.4, -0.2) is 14.9 Å². The third-order valence-electron chi connectivity index (χ3n) is 2.49. The van der Waals surface area contributed by atoms with E-state index in [4.69, 9.17) is 16.9 Å². The van der Waals surface area contributed by atoms with Gasteiger partial charge < -0.3 is 0 Å². The molecule has 2 aromatic heterocycles. The fourth-order valence-electron chi connectivity index (χ4n) is 1.47. The van der Waals surface area contributed by atoms with Crippen LogP contribution in [0.5, 0.6) is 0 Å². The highest BCUT2D eigenvalue weighted by molar-refractivity contribution is 7.99. The van der Waals surface area contributed by atoms with Crippen molar-refractivity contribution in [3.8, 4) is 6.07 Å². The number of halogens is 4. The number of hydrogen-bond acceptors (Lipinski definition) is 6. The number of aromatic nitrogens is 2. The van der Waals surface area contributed by atoms with Crippen LogP contribution in [0.2, 0.25) is 5.02 Å². The molecule has 0 aliphatic rings. The predicted octanol–water partition coefficient (Wildman–Crippen LogP) is 4.08. The topological polar surface area (TPSA) is 92.7 Å².